The number of ether oxygens (including phenoxy) is 1. The van der Waals surface area contributed by atoms with Crippen LogP contribution >= 0.6 is 0 Å². The number of hydrogen-bond donors (Lipinski definition) is 1. The summed E-state index contributed by atoms with van der Waals surface area (Å²) >= 11 is 0. The largest absolute Gasteiger partial charge is 0.494 e. The molecule has 0 radical (unpaired) electrons. The van der Waals surface area contributed by atoms with E-state index in [1.165, 1.54) is 34.5 Å². The Bertz CT molecular complexity index is 1020. The molecule has 11 heteroatoms. The van der Waals surface area contributed by atoms with E-state index in [-0.39, 0.29) is 55.9 Å². The maximum absolute atomic E-state index is 14.1. The number of nitrogens with two attached hydrogens (primary N) is 1. The number of amides is 1. The number of methoxy groups -OCH3 is 1. The third-order valence-corrected chi connectivity index (χ3v) is 5.92. The van der Waals surface area contributed by atoms with Crippen molar-refractivity contribution in [3.8, 4) is 17.1 Å². The summed E-state index contributed by atoms with van der Waals surface area (Å²) in [5, 5.41) is 0. The van der Waals surface area contributed by atoms with Gasteiger partial charge in [-0.1, -0.05) is 0 Å². The lowest BCUT2D eigenvalue weighted by atomic mass is 10.1. The minimum Gasteiger partial charge on any atom is -0.494 e. The molecular formula is C18H22FN5O4S. The quantitative estimate of drug-likeness (QED) is 0.742. The van der Waals surface area contributed by atoms with Crippen molar-refractivity contribution in [3.63, 3.8) is 0 Å². The highest BCUT2D eigenvalue weighted by Gasteiger charge is 2.27. The highest BCUT2D eigenvalue weighted by atomic mass is 32.2. The van der Waals surface area contributed by atoms with Crippen molar-refractivity contribution in [2.45, 2.75) is 6.54 Å². The topological polar surface area (TPSA) is 119 Å². The molecule has 0 saturated carbocycles. The summed E-state index contributed by atoms with van der Waals surface area (Å²) in [5.74, 6) is -0.668. The average Bonchev–Trinajstić information content (AvgIpc) is 2.72. The van der Waals surface area contributed by atoms with Gasteiger partial charge in [-0.05, 0) is 24.3 Å². The molecule has 1 saturated heterocycles. The summed E-state index contributed by atoms with van der Waals surface area (Å²) in [5.41, 5.74) is 6.65. The average molecular weight is 423 g/mol. The standard InChI is InChI=1S/C18H22FN5O4S/c1-28-16-4-3-12(9-14(16)19)17-21-13(11-20)10-15(22-17)18(25)23-5-7-24(8-6-23)29(2,26)27/h3-4,9-10H,5-8,11,20H2,1-2H3. The Kier molecular flexibility index (Phi) is 6.10. The highest BCUT2D eigenvalue weighted by molar-refractivity contribution is 7.88. The SMILES string of the molecule is COc1ccc(-c2nc(CN)cc(C(=O)N3CCN(S(C)(=O)=O)CC3)n2)cc1F. The molecule has 29 heavy (non-hydrogen) atoms. The zero-order valence-electron chi connectivity index (χ0n) is 16.1. The minimum atomic E-state index is -3.30. The third-order valence-electron chi connectivity index (χ3n) is 4.61. The van der Waals surface area contributed by atoms with Crippen molar-refractivity contribution in [1.82, 2.24) is 19.2 Å². The van der Waals surface area contributed by atoms with E-state index in [1.54, 1.807) is 6.07 Å². The Morgan fingerprint density at radius 1 is 1.21 bits per heavy atom. The van der Waals surface area contributed by atoms with Crippen molar-refractivity contribution >= 4 is 15.9 Å². The lowest BCUT2D eigenvalue weighted by molar-refractivity contribution is 0.0692. The van der Waals surface area contributed by atoms with Crippen LogP contribution in [-0.4, -0.2) is 73.0 Å². The van der Waals surface area contributed by atoms with Crippen molar-refractivity contribution in [2.24, 2.45) is 5.73 Å². The van der Waals surface area contributed by atoms with Crippen LogP contribution in [0.4, 0.5) is 4.39 Å². The van der Waals surface area contributed by atoms with E-state index < -0.39 is 15.8 Å². The molecule has 0 atom stereocenters. The summed E-state index contributed by atoms with van der Waals surface area (Å²) in [7, 11) is -1.93. The molecule has 1 aliphatic heterocycles. The van der Waals surface area contributed by atoms with Gasteiger partial charge in [0.1, 0.15) is 5.69 Å². The van der Waals surface area contributed by atoms with Crippen molar-refractivity contribution in [2.75, 3.05) is 39.5 Å². The smallest absolute Gasteiger partial charge is 0.272 e. The number of aromatic nitrogens is 2. The van der Waals surface area contributed by atoms with Crippen LogP contribution in [-0.2, 0) is 16.6 Å². The molecule has 1 aromatic carbocycles. The zero-order valence-corrected chi connectivity index (χ0v) is 16.9. The fourth-order valence-electron chi connectivity index (χ4n) is 3.03. The molecule has 3 rings (SSSR count). The Hall–Kier alpha value is -2.63. The predicted octanol–water partition coefficient (Wildman–Crippen LogP) is 0.467. The number of benzene rings is 1. The number of halogens is 1. The first-order valence-corrected chi connectivity index (χ1v) is 10.7. The van der Waals surface area contributed by atoms with E-state index in [4.69, 9.17) is 10.5 Å². The van der Waals surface area contributed by atoms with Crippen molar-refractivity contribution in [1.29, 1.82) is 0 Å². The maximum atomic E-state index is 14.1. The number of hydrogen-bond acceptors (Lipinski definition) is 7. The van der Waals surface area contributed by atoms with Gasteiger partial charge in [0.05, 0.1) is 19.1 Å². The first-order valence-electron chi connectivity index (χ1n) is 8.89. The molecular weight excluding hydrogens is 401 g/mol. The number of piperazine rings is 1. The lowest BCUT2D eigenvalue weighted by Crippen LogP contribution is -2.50. The second-order valence-electron chi connectivity index (χ2n) is 6.58. The molecule has 1 aromatic heterocycles. The van der Waals surface area contributed by atoms with Gasteiger partial charge in [0, 0.05) is 38.3 Å². The van der Waals surface area contributed by atoms with E-state index in [1.807, 2.05) is 0 Å². The normalized spacial score (nSPS) is 15.4. The molecule has 0 spiro atoms. The third kappa shape index (κ3) is 4.69. The van der Waals surface area contributed by atoms with Crippen LogP contribution in [0.15, 0.2) is 24.3 Å². The molecule has 2 aromatic rings. The molecule has 0 aliphatic carbocycles. The van der Waals surface area contributed by atoms with E-state index in [2.05, 4.69) is 9.97 Å². The second kappa shape index (κ2) is 8.39. The first-order chi connectivity index (χ1) is 13.7. The summed E-state index contributed by atoms with van der Waals surface area (Å²) in [6, 6.07) is 5.77. The van der Waals surface area contributed by atoms with Gasteiger partial charge in [0.15, 0.2) is 17.4 Å². The van der Waals surface area contributed by atoms with Gasteiger partial charge in [-0.3, -0.25) is 4.79 Å². The van der Waals surface area contributed by atoms with Crippen molar-refractivity contribution in [3.05, 3.63) is 41.5 Å². The fourth-order valence-corrected chi connectivity index (χ4v) is 3.86. The Morgan fingerprint density at radius 3 is 2.45 bits per heavy atom. The molecule has 1 aliphatic rings. The van der Waals surface area contributed by atoms with Gasteiger partial charge in [0.25, 0.3) is 5.91 Å². The van der Waals surface area contributed by atoms with E-state index in [0.717, 1.165) is 6.26 Å². The summed E-state index contributed by atoms with van der Waals surface area (Å²) in [4.78, 5) is 23.0. The molecule has 2 N–H and O–H groups in total. The minimum absolute atomic E-state index is 0.0797. The fraction of sp³-hybridized carbons (Fsp3) is 0.389. The Balaban J connectivity index is 1.87. The molecule has 1 amide bonds. The van der Waals surface area contributed by atoms with E-state index >= 15 is 0 Å². The zero-order chi connectivity index (χ0) is 21.2. The van der Waals surface area contributed by atoms with Crippen LogP contribution in [0.3, 0.4) is 0 Å². The monoisotopic (exact) mass is 423 g/mol. The summed E-state index contributed by atoms with van der Waals surface area (Å²) in [6.45, 7) is 1.02. The Labute approximate surface area is 168 Å². The number of carbonyl (C=O) groups excluding carboxylic acids is 1. The van der Waals surface area contributed by atoms with Crippen LogP contribution in [0, 0.1) is 5.82 Å². The van der Waals surface area contributed by atoms with Gasteiger partial charge >= 0.3 is 0 Å². The van der Waals surface area contributed by atoms with Crippen molar-refractivity contribution < 1.29 is 22.3 Å². The van der Waals surface area contributed by atoms with Crippen LogP contribution in [0.25, 0.3) is 11.4 Å². The molecule has 1 fully saturated rings. The van der Waals surface area contributed by atoms with Crippen LogP contribution in [0.1, 0.15) is 16.2 Å². The van der Waals surface area contributed by atoms with Gasteiger partial charge in [-0.15, -0.1) is 0 Å². The number of nitrogens with zero attached hydrogens (tertiary/aromatic N) is 4. The molecule has 0 unspecified atom stereocenters. The highest BCUT2D eigenvalue weighted by Crippen LogP contribution is 2.24. The Morgan fingerprint density at radius 2 is 1.90 bits per heavy atom. The maximum Gasteiger partial charge on any atom is 0.272 e. The van der Waals surface area contributed by atoms with Crippen LogP contribution < -0.4 is 10.5 Å². The van der Waals surface area contributed by atoms with Gasteiger partial charge in [-0.2, -0.15) is 4.31 Å². The summed E-state index contributed by atoms with van der Waals surface area (Å²) < 4.78 is 43.6. The number of carbonyl (C=O) groups is 1. The van der Waals surface area contributed by atoms with Gasteiger partial charge in [-0.25, -0.2) is 22.8 Å². The molecule has 9 nitrogen and oxygen atoms in total. The number of sulfonamides is 1. The van der Waals surface area contributed by atoms with Crippen LogP contribution in [0.2, 0.25) is 0 Å². The summed E-state index contributed by atoms with van der Waals surface area (Å²) in [6.07, 6.45) is 1.14. The van der Waals surface area contributed by atoms with Gasteiger partial charge < -0.3 is 15.4 Å². The second-order valence-corrected chi connectivity index (χ2v) is 8.56. The first kappa shape index (κ1) is 21.1. The number of rotatable bonds is 5. The van der Waals surface area contributed by atoms with Gasteiger partial charge in [0.2, 0.25) is 10.0 Å². The van der Waals surface area contributed by atoms with E-state index in [0.29, 0.717) is 11.3 Å². The predicted molar refractivity (Wildman–Crippen MR) is 104 cm³/mol. The lowest BCUT2D eigenvalue weighted by Gasteiger charge is -2.33. The molecule has 2 heterocycles. The molecule has 156 valence electrons. The van der Waals surface area contributed by atoms with E-state index in [9.17, 15) is 17.6 Å². The molecule has 0 bridgehead atoms. The van der Waals surface area contributed by atoms with Crippen LogP contribution in [0.5, 0.6) is 5.75 Å².